The van der Waals surface area contributed by atoms with Gasteiger partial charge in [-0.25, -0.2) is 4.79 Å². The van der Waals surface area contributed by atoms with Gasteiger partial charge in [0.2, 0.25) is 0 Å². The third-order valence-electron chi connectivity index (χ3n) is 4.45. The van der Waals surface area contributed by atoms with E-state index in [1.807, 2.05) is 32.0 Å². The van der Waals surface area contributed by atoms with Gasteiger partial charge in [-0.3, -0.25) is 0 Å². The highest BCUT2D eigenvalue weighted by molar-refractivity contribution is 7.10. The molecule has 2 atom stereocenters. The largest absolute Gasteiger partial charge is 0.393 e. The maximum absolute atomic E-state index is 12.3. The molecule has 2 rings (SSSR count). The van der Waals surface area contributed by atoms with Crippen LogP contribution in [0.3, 0.4) is 0 Å². The summed E-state index contributed by atoms with van der Waals surface area (Å²) in [5.41, 5.74) is 0. The third-order valence-corrected chi connectivity index (χ3v) is 5.42. The number of piperidine rings is 1. The zero-order valence-electron chi connectivity index (χ0n) is 13.7. The first-order valence-corrected chi connectivity index (χ1v) is 8.77. The third kappa shape index (κ3) is 4.44. The van der Waals surface area contributed by atoms with Crippen LogP contribution in [-0.4, -0.2) is 60.8 Å². The number of amides is 2. The van der Waals surface area contributed by atoms with E-state index in [-0.39, 0.29) is 18.2 Å². The van der Waals surface area contributed by atoms with Crippen molar-refractivity contribution in [3.63, 3.8) is 0 Å². The molecule has 1 aromatic rings. The minimum absolute atomic E-state index is 0.00690. The smallest absolute Gasteiger partial charge is 0.317 e. The number of urea groups is 1. The van der Waals surface area contributed by atoms with Gasteiger partial charge < -0.3 is 20.2 Å². The molecule has 1 aromatic heterocycles. The van der Waals surface area contributed by atoms with E-state index < -0.39 is 0 Å². The second kappa shape index (κ2) is 7.94. The first-order valence-electron chi connectivity index (χ1n) is 7.89. The van der Waals surface area contributed by atoms with Gasteiger partial charge in [-0.1, -0.05) is 6.07 Å². The summed E-state index contributed by atoms with van der Waals surface area (Å²) in [5.74, 6) is 0.324. The average molecular weight is 325 g/mol. The molecule has 0 aliphatic carbocycles. The van der Waals surface area contributed by atoms with Gasteiger partial charge in [-0.15, -0.1) is 11.3 Å². The van der Waals surface area contributed by atoms with Gasteiger partial charge in [0.05, 0.1) is 12.1 Å². The lowest BCUT2D eigenvalue weighted by Crippen LogP contribution is -2.47. The summed E-state index contributed by atoms with van der Waals surface area (Å²) < 4.78 is 0. The van der Waals surface area contributed by atoms with Crippen LogP contribution in [0.2, 0.25) is 0 Å². The number of carbonyl (C=O) groups excluding carboxylic acids is 1. The molecule has 1 saturated heterocycles. The molecule has 0 spiro atoms. The van der Waals surface area contributed by atoms with Crippen LogP contribution in [0.5, 0.6) is 0 Å². The molecule has 1 fully saturated rings. The summed E-state index contributed by atoms with van der Waals surface area (Å²) >= 11 is 1.72. The van der Waals surface area contributed by atoms with Crippen LogP contribution < -0.4 is 5.32 Å². The number of hydrogen-bond acceptors (Lipinski definition) is 4. The van der Waals surface area contributed by atoms with E-state index in [0.717, 1.165) is 25.9 Å². The first kappa shape index (κ1) is 17.2. The Kier molecular flexibility index (Phi) is 6.23. The fourth-order valence-corrected chi connectivity index (χ4v) is 3.82. The van der Waals surface area contributed by atoms with Crippen molar-refractivity contribution in [3.8, 4) is 0 Å². The molecule has 2 amide bonds. The highest BCUT2D eigenvalue weighted by atomic mass is 32.1. The lowest BCUT2D eigenvalue weighted by molar-refractivity contribution is 0.0795. The minimum Gasteiger partial charge on any atom is -0.393 e. The van der Waals surface area contributed by atoms with Crippen molar-refractivity contribution in [2.24, 2.45) is 5.92 Å². The molecule has 0 aromatic carbocycles. The number of hydrogen-bond donors (Lipinski definition) is 2. The molecule has 5 nitrogen and oxygen atoms in total. The molecule has 0 bridgehead atoms. The van der Waals surface area contributed by atoms with Gasteiger partial charge in [0.25, 0.3) is 0 Å². The van der Waals surface area contributed by atoms with Gasteiger partial charge >= 0.3 is 6.03 Å². The Balaban J connectivity index is 1.82. The van der Waals surface area contributed by atoms with Crippen molar-refractivity contribution in [2.45, 2.75) is 31.9 Å². The summed E-state index contributed by atoms with van der Waals surface area (Å²) in [4.78, 5) is 17.6. The molecule has 2 unspecified atom stereocenters. The number of carbonyl (C=O) groups is 1. The zero-order valence-corrected chi connectivity index (χ0v) is 14.5. The number of thiophene rings is 1. The molecular weight excluding hydrogens is 298 g/mol. The van der Waals surface area contributed by atoms with Crippen molar-refractivity contribution in [3.05, 3.63) is 22.4 Å². The molecule has 124 valence electrons. The first-order chi connectivity index (χ1) is 10.5. The van der Waals surface area contributed by atoms with E-state index in [1.165, 1.54) is 4.88 Å². The van der Waals surface area contributed by atoms with E-state index in [0.29, 0.717) is 12.5 Å². The number of aliphatic hydroxyl groups excluding tert-OH is 1. The van der Waals surface area contributed by atoms with Crippen LogP contribution in [0.4, 0.5) is 4.79 Å². The fraction of sp³-hybridized carbons (Fsp3) is 0.688. The highest BCUT2D eigenvalue weighted by Gasteiger charge is 2.26. The van der Waals surface area contributed by atoms with Gasteiger partial charge in [0, 0.05) is 24.5 Å². The predicted molar refractivity (Wildman–Crippen MR) is 90.1 cm³/mol. The molecular formula is C16H27N3O2S. The van der Waals surface area contributed by atoms with Gasteiger partial charge in [0.15, 0.2) is 0 Å². The molecule has 1 aliphatic rings. The van der Waals surface area contributed by atoms with E-state index in [1.54, 1.807) is 11.3 Å². The molecule has 0 saturated carbocycles. The van der Waals surface area contributed by atoms with Crippen LogP contribution >= 0.6 is 11.3 Å². The number of aliphatic hydroxyl groups is 1. The highest BCUT2D eigenvalue weighted by Crippen LogP contribution is 2.23. The zero-order chi connectivity index (χ0) is 16.1. The van der Waals surface area contributed by atoms with Crippen LogP contribution in [0.15, 0.2) is 17.5 Å². The SMILES string of the molecule is CC(O)C1CCN(C(=O)NCC(c2cccs2)N(C)C)CC1. The topological polar surface area (TPSA) is 55.8 Å². The Bertz CT molecular complexity index is 454. The lowest BCUT2D eigenvalue weighted by atomic mass is 9.92. The maximum Gasteiger partial charge on any atom is 0.317 e. The number of likely N-dealkylation sites (N-methyl/N-ethyl adjacent to an activating group) is 1. The fourth-order valence-electron chi connectivity index (χ4n) is 2.90. The van der Waals surface area contributed by atoms with Crippen molar-refractivity contribution in [1.82, 2.24) is 15.1 Å². The second-order valence-corrected chi connectivity index (χ2v) is 7.23. The molecule has 22 heavy (non-hydrogen) atoms. The Morgan fingerprint density at radius 2 is 2.18 bits per heavy atom. The van der Waals surface area contributed by atoms with Crippen LogP contribution in [0.1, 0.15) is 30.7 Å². The Morgan fingerprint density at radius 1 is 1.50 bits per heavy atom. The molecule has 0 radical (unpaired) electrons. The standard InChI is InChI=1S/C16H27N3O2S/c1-12(20)13-6-8-19(9-7-13)16(21)17-11-14(18(2)3)15-5-4-10-22-15/h4-5,10,12-14,20H,6-9,11H2,1-3H3,(H,17,21). The lowest BCUT2D eigenvalue weighted by Gasteiger charge is -2.34. The summed E-state index contributed by atoms with van der Waals surface area (Å²) in [6.45, 7) is 3.91. The van der Waals surface area contributed by atoms with Gasteiger partial charge in [-0.05, 0) is 51.2 Å². The molecule has 1 aliphatic heterocycles. The monoisotopic (exact) mass is 325 g/mol. The van der Waals surface area contributed by atoms with Crippen molar-refractivity contribution in [1.29, 1.82) is 0 Å². The quantitative estimate of drug-likeness (QED) is 0.872. The number of nitrogens with one attached hydrogen (secondary N) is 1. The van der Waals surface area contributed by atoms with E-state index in [4.69, 9.17) is 0 Å². The summed E-state index contributed by atoms with van der Waals surface area (Å²) in [5, 5.41) is 14.7. The Labute approximate surface area is 136 Å². The second-order valence-electron chi connectivity index (χ2n) is 6.25. The average Bonchev–Trinajstić information content (AvgIpc) is 3.01. The predicted octanol–water partition coefficient (Wildman–Crippen LogP) is 2.15. The summed E-state index contributed by atoms with van der Waals surface area (Å²) in [7, 11) is 4.06. The van der Waals surface area contributed by atoms with Crippen LogP contribution in [0, 0.1) is 5.92 Å². The minimum atomic E-state index is -0.276. The maximum atomic E-state index is 12.3. The summed E-state index contributed by atoms with van der Waals surface area (Å²) in [6.07, 6.45) is 1.49. The normalized spacial score (nSPS) is 19.2. The van der Waals surface area contributed by atoms with Crippen molar-refractivity contribution < 1.29 is 9.90 Å². The summed E-state index contributed by atoms with van der Waals surface area (Å²) in [6, 6.07) is 4.36. The number of likely N-dealkylation sites (tertiary alicyclic amines) is 1. The van der Waals surface area contributed by atoms with E-state index >= 15 is 0 Å². The Hall–Kier alpha value is -1.11. The van der Waals surface area contributed by atoms with E-state index in [2.05, 4.69) is 21.7 Å². The van der Waals surface area contributed by atoms with Crippen molar-refractivity contribution in [2.75, 3.05) is 33.7 Å². The van der Waals surface area contributed by atoms with Crippen LogP contribution in [0.25, 0.3) is 0 Å². The van der Waals surface area contributed by atoms with Gasteiger partial charge in [0.1, 0.15) is 0 Å². The Morgan fingerprint density at radius 3 is 2.68 bits per heavy atom. The number of rotatable bonds is 5. The number of nitrogens with zero attached hydrogens (tertiary/aromatic N) is 2. The molecule has 2 heterocycles. The molecule has 2 N–H and O–H groups in total. The van der Waals surface area contributed by atoms with Crippen LogP contribution in [-0.2, 0) is 0 Å². The van der Waals surface area contributed by atoms with Gasteiger partial charge in [-0.2, -0.15) is 0 Å². The van der Waals surface area contributed by atoms with Crippen molar-refractivity contribution >= 4 is 17.4 Å². The molecule has 6 heteroatoms. The van der Waals surface area contributed by atoms with E-state index in [9.17, 15) is 9.90 Å².